The van der Waals surface area contributed by atoms with Gasteiger partial charge in [-0.2, -0.15) is 0 Å². The van der Waals surface area contributed by atoms with E-state index in [9.17, 15) is 0 Å². The van der Waals surface area contributed by atoms with Crippen LogP contribution in [0.15, 0.2) is 67.1 Å². The van der Waals surface area contributed by atoms with Gasteiger partial charge in [0.1, 0.15) is 0 Å². The molecule has 4 heteroatoms. The van der Waals surface area contributed by atoms with E-state index in [4.69, 9.17) is 17.2 Å². The molecule has 0 aliphatic heterocycles. The molecular weight excluding hydrogens is 530 g/mol. The zero-order valence-corrected chi connectivity index (χ0v) is 21.7. The summed E-state index contributed by atoms with van der Waals surface area (Å²) >= 11 is -2.73. The monoisotopic (exact) mass is 555 g/mol. The van der Waals surface area contributed by atoms with E-state index < -0.39 is 27.5 Å². The molecule has 0 aromatic heterocycles. The Labute approximate surface area is 168 Å². The minimum atomic E-state index is -2.73. The molecule has 0 radical (unpaired) electrons. The summed E-state index contributed by atoms with van der Waals surface area (Å²) in [5.74, 6) is 0.446. The molecule has 0 aromatic rings. The molecule has 0 saturated heterocycles. The molecule has 1 unspecified atom stereocenters. The van der Waals surface area contributed by atoms with Crippen molar-refractivity contribution in [2.45, 2.75) is 46.7 Å². The van der Waals surface area contributed by atoms with Crippen molar-refractivity contribution < 1.29 is 19.1 Å². The van der Waals surface area contributed by atoms with Crippen LogP contribution < -0.4 is 0 Å². The summed E-state index contributed by atoms with van der Waals surface area (Å²) in [7, 11) is 12.8. The summed E-state index contributed by atoms with van der Waals surface area (Å²) < 4.78 is 1.32. The van der Waals surface area contributed by atoms with Crippen LogP contribution in [0.2, 0.25) is 13.1 Å². The van der Waals surface area contributed by atoms with E-state index in [1.165, 1.54) is 36.8 Å². The van der Waals surface area contributed by atoms with Gasteiger partial charge in [0.15, 0.2) is 0 Å². The van der Waals surface area contributed by atoms with E-state index in [2.05, 4.69) is 64.2 Å². The van der Waals surface area contributed by atoms with Crippen molar-refractivity contribution >= 4 is 30.7 Å². The van der Waals surface area contributed by atoms with Crippen molar-refractivity contribution in [1.82, 2.24) is 0 Å². The Morgan fingerprint density at radius 2 is 1.96 bits per heavy atom. The summed E-state index contributed by atoms with van der Waals surface area (Å²) in [5.41, 5.74) is 8.51. The average molecular weight is 555 g/mol. The van der Waals surface area contributed by atoms with Gasteiger partial charge in [-0.05, 0) is 0 Å². The van der Waals surface area contributed by atoms with Crippen LogP contribution in [-0.4, -0.2) is 13.6 Å². The normalized spacial score (nSPS) is 22.8. The first-order valence-electron chi connectivity index (χ1n) is 8.97. The molecule has 0 N–H and O–H groups in total. The molecule has 0 bridgehead atoms. The zero-order chi connectivity index (χ0) is 18.3. The van der Waals surface area contributed by atoms with Crippen molar-refractivity contribution in [3.63, 3.8) is 0 Å². The van der Waals surface area contributed by atoms with Gasteiger partial charge >= 0.3 is 170 Å². The molecule has 3 aliphatic rings. The predicted octanol–water partition coefficient (Wildman–Crippen LogP) is 6.80. The van der Waals surface area contributed by atoms with E-state index in [0.717, 1.165) is 12.8 Å². The van der Waals surface area contributed by atoms with Crippen molar-refractivity contribution in [3.8, 4) is 0 Å². The minimum absolute atomic E-state index is 0.446. The first-order valence-corrected chi connectivity index (χ1v) is 22.2. The van der Waals surface area contributed by atoms with Gasteiger partial charge < -0.3 is 0 Å². The Hall–Kier alpha value is -0.0230. The first kappa shape index (κ1) is 19.7. The number of fused-ring (bicyclic) bond motifs is 1. The standard InChI is InChI=1S/C21H25Si.2ClH.Hf/c1-6-16-12-18-11-14(2)20(17-9-7-8-10-17)21(18)15(3)19(13-16)22(4)5;;;/h7-9,12-13,15H,6,10H2,1-5H3;2*1H;/q;;;+2/p-2. The third-order valence-electron chi connectivity index (χ3n) is 5.42. The third kappa shape index (κ3) is 3.57. The maximum atomic E-state index is 6.66. The number of halogens is 2. The van der Waals surface area contributed by atoms with Crippen LogP contribution in [0.5, 0.6) is 0 Å². The molecular formula is C21H25Cl2HfSi. The van der Waals surface area contributed by atoms with Crippen molar-refractivity contribution in [2.24, 2.45) is 5.92 Å². The fourth-order valence-electron chi connectivity index (χ4n) is 4.18. The molecule has 1 atom stereocenters. The molecule has 0 heterocycles. The Morgan fingerprint density at radius 3 is 2.48 bits per heavy atom. The van der Waals surface area contributed by atoms with Gasteiger partial charge in [0.05, 0.1) is 0 Å². The molecule has 0 fully saturated rings. The van der Waals surface area contributed by atoms with Crippen molar-refractivity contribution in [1.29, 1.82) is 0 Å². The molecule has 0 nitrogen and oxygen atoms in total. The summed E-state index contributed by atoms with van der Waals surface area (Å²) in [6.07, 6.45) is 13.6. The first-order chi connectivity index (χ1) is 11.9. The second-order valence-corrected chi connectivity index (χ2v) is 21.2. The van der Waals surface area contributed by atoms with Crippen LogP contribution in [0.3, 0.4) is 0 Å². The Balaban J connectivity index is 2.31. The van der Waals surface area contributed by atoms with E-state index in [0.29, 0.717) is 5.92 Å². The fourth-order valence-corrected chi connectivity index (χ4v) is 12.6. The van der Waals surface area contributed by atoms with Crippen LogP contribution in [0.4, 0.5) is 0 Å². The van der Waals surface area contributed by atoms with Crippen LogP contribution in [0, 0.1) is 5.92 Å². The molecule has 3 aliphatic carbocycles. The molecule has 0 amide bonds. The SMILES string of the molecule is CCC1=CC(=[Si](C)C)C(C)C2=C(C3=CC=CC3)C(C)=[C]([Hf]([Cl])[Cl])C2=C1. The van der Waals surface area contributed by atoms with Crippen LogP contribution in [-0.2, 0) is 19.1 Å². The van der Waals surface area contributed by atoms with Crippen LogP contribution in [0.1, 0.15) is 33.6 Å². The fraction of sp³-hybridized carbons (Fsp3) is 0.381. The predicted molar refractivity (Wildman–Crippen MR) is 111 cm³/mol. The molecule has 0 saturated carbocycles. The molecule has 0 spiro atoms. The Kier molecular flexibility index (Phi) is 6.25. The van der Waals surface area contributed by atoms with Crippen LogP contribution >= 0.6 is 17.2 Å². The van der Waals surface area contributed by atoms with Gasteiger partial charge in [-0.25, -0.2) is 0 Å². The van der Waals surface area contributed by atoms with E-state index in [-0.39, 0.29) is 0 Å². The van der Waals surface area contributed by atoms with E-state index in [1.54, 1.807) is 5.17 Å². The van der Waals surface area contributed by atoms with Gasteiger partial charge in [-0.1, -0.05) is 0 Å². The maximum absolute atomic E-state index is 6.66. The zero-order valence-electron chi connectivity index (χ0n) is 15.6. The molecule has 0 aromatic carbocycles. The van der Waals surface area contributed by atoms with Crippen molar-refractivity contribution in [3.05, 3.63) is 67.1 Å². The van der Waals surface area contributed by atoms with Crippen molar-refractivity contribution in [2.75, 3.05) is 0 Å². The van der Waals surface area contributed by atoms with Gasteiger partial charge in [0.25, 0.3) is 0 Å². The Morgan fingerprint density at radius 1 is 1.24 bits per heavy atom. The molecule has 3 rings (SSSR count). The van der Waals surface area contributed by atoms with E-state index >= 15 is 0 Å². The summed E-state index contributed by atoms with van der Waals surface area (Å²) in [5, 5.41) is 1.62. The van der Waals surface area contributed by atoms with Gasteiger partial charge in [-0.3, -0.25) is 0 Å². The Bertz CT molecular complexity index is 828. The number of hydrogen-bond acceptors (Lipinski definition) is 0. The second kappa shape index (κ2) is 7.92. The van der Waals surface area contributed by atoms with Gasteiger partial charge in [0.2, 0.25) is 0 Å². The van der Waals surface area contributed by atoms with Gasteiger partial charge in [0, 0.05) is 0 Å². The topological polar surface area (TPSA) is 0 Å². The second-order valence-electron chi connectivity index (χ2n) is 7.18. The number of hydrogen-bond donors (Lipinski definition) is 0. The quantitative estimate of drug-likeness (QED) is 0.337. The molecule has 131 valence electrons. The van der Waals surface area contributed by atoms with Crippen LogP contribution in [0.25, 0.3) is 0 Å². The number of rotatable bonds is 3. The molecule has 25 heavy (non-hydrogen) atoms. The summed E-state index contributed by atoms with van der Waals surface area (Å²) in [4.78, 5) is 0. The summed E-state index contributed by atoms with van der Waals surface area (Å²) in [6, 6.07) is 0. The average Bonchev–Trinajstić information content (AvgIpc) is 3.12. The third-order valence-corrected chi connectivity index (χ3v) is 13.9. The van der Waals surface area contributed by atoms with E-state index in [1.807, 2.05) is 0 Å². The van der Waals surface area contributed by atoms with Gasteiger partial charge in [-0.15, -0.1) is 0 Å². The number of allylic oxidation sites excluding steroid dienone is 12. The summed E-state index contributed by atoms with van der Waals surface area (Å²) in [6.45, 7) is 11.7.